The number of anilines is 1. The van der Waals surface area contributed by atoms with Gasteiger partial charge in [-0.1, -0.05) is 0 Å². The van der Waals surface area contributed by atoms with Crippen molar-refractivity contribution in [1.29, 1.82) is 0 Å². The average Bonchev–Trinajstić information content (AvgIpc) is 3.06. The zero-order chi connectivity index (χ0) is 16.9. The lowest BCUT2D eigenvalue weighted by Crippen LogP contribution is -2.28. The normalized spacial score (nSPS) is 20.6. The lowest BCUT2D eigenvalue weighted by molar-refractivity contribution is -0.0239. The summed E-state index contributed by atoms with van der Waals surface area (Å²) in [6.07, 6.45) is 6.03. The molecular weight excluding hydrogens is 308 g/mol. The van der Waals surface area contributed by atoms with Gasteiger partial charge in [0.1, 0.15) is 5.82 Å². The van der Waals surface area contributed by atoms with Crippen molar-refractivity contribution in [3.05, 3.63) is 35.8 Å². The Labute approximate surface area is 140 Å². The number of carbonyl (C=O) groups is 1. The van der Waals surface area contributed by atoms with Gasteiger partial charge in [-0.05, 0) is 25.0 Å². The van der Waals surface area contributed by atoms with Gasteiger partial charge in [0.15, 0.2) is 5.69 Å². The SMILES string of the molecule is CNC(=O)c1ccc(NC[C@@H]2CCCO[C@H]2c2cnn(C)c2)nn1. The Hall–Kier alpha value is -2.48. The maximum Gasteiger partial charge on any atom is 0.271 e. The minimum atomic E-state index is -0.244. The second-order valence-corrected chi connectivity index (χ2v) is 5.90. The standard InChI is InChI=1S/C16H22N6O2/c1-17-16(23)13-5-6-14(21-20-13)18-8-11-4-3-7-24-15(11)12-9-19-22(2)10-12/h5-6,9-11,15H,3-4,7-8H2,1-2H3,(H,17,23)(H,18,21)/t11-,15+/m0/s1. The molecule has 8 nitrogen and oxygen atoms in total. The van der Waals surface area contributed by atoms with Crippen molar-refractivity contribution >= 4 is 11.7 Å². The Morgan fingerprint density at radius 3 is 2.96 bits per heavy atom. The van der Waals surface area contributed by atoms with Crippen LogP contribution in [0.2, 0.25) is 0 Å². The molecular formula is C16H22N6O2. The van der Waals surface area contributed by atoms with E-state index in [1.165, 1.54) is 0 Å². The van der Waals surface area contributed by atoms with E-state index in [0.717, 1.165) is 31.6 Å². The number of aromatic nitrogens is 4. The summed E-state index contributed by atoms with van der Waals surface area (Å²) in [5.41, 5.74) is 1.40. The Kier molecular flexibility index (Phi) is 5.05. The molecule has 0 spiro atoms. The van der Waals surface area contributed by atoms with Crippen LogP contribution in [0.1, 0.15) is 35.0 Å². The largest absolute Gasteiger partial charge is 0.373 e. The molecule has 0 aromatic carbocycles. The van der Waals surface area contributed by atoms with Gasteiger partial charge < -0.3 is 15.4 Å². The van der Waals surface area contributed by atoms with E-state index < -0.39 is 0 Å². The fourth-order valence-electron chi connectivity index (χ4n) is 2.92. The molecule has 1 amide bonds. The van der Waals surface area contributed by atoms with Crippen molar-refractivity contribution in [2.75, 3.05) is 25.5 Å². The molecule has 2 aromatic rings. The fraction of sp³-hybridized carbons (Fsp3) is 0.500. The average molecular weight is 330 g/mol. The molecule has 2 aromatic heterocycles. The lowest BCUT2D eigenvalue weighted by Gasteiger charge is -2.31. The molecule has 2 atom stereocenters. The number of nitrogens with one attached hydrogen (secondary N) is 2. The number of rotatable bonds is 5. The number of aryl methyl sites for hydroxylation is 1. The molecule has 8 heteroatoms. The topological polar surface area (TPSA) is 94.0 Å². The predicted molar refractivity (Wildman–Crippen MR) is 88.5 cm³/mol. The van der Waals surface area contributed by atoms with E-state index >= 15 is 0 Å². The Morgan fingerprint density at radius 1 is 1.42 bits per heavy atom. The number of amides is 1. The minimum Gasteiger partial charge on any atom is -0.373 e. The molecule has 0 radical (unpaired) electrons. The van der Waals surface area contributed by atoms with E-state index in [1.54, 1.807) is 23.9 Å². The van der Waals surface area contributed by atoms with Gasteiger partial charge in [-0.15, -0.1) is 10.2 Å². The Morgan fingerprint density at radius 2 is 2.29 bits per heavy atom. The number of ether oxygens (including phenoxy) is 1. The van der Waals surface area contributed by atoms with Crippen LogP contribution in [0.3, 0.4) is 0 Å². The second kappa shape index (κ2) is 7.39. The smallest absolute Gasteiger partial charge is 0.271 e. The van der Waals surface area contributed by atoms with E-state index in [1.807, 2.05) is 19.4 Å². The number of carbonyl (C=O) groups excluding carboxylic acids is 1. The summed E-state index contributed by atoms with van der Waals surface area (Å²) < 4.78 is 7.75. The van der Waals surface area contributed by atoms with Crippen LogP contribution in [0.4, 0.5) is 5.82 Å². The van der Waals surface area contributed by atoms with Crippen LogP contribution in [0, 0.1) is 5.92 Å². The molecule has 1 fully saturated rings. The van der Waals surface area contributed by atoms with Gasteiger partial charge in [0, 0.05) is 44.9 Å². The highest BCUT2D eigenvalue weighted by Gasteiger charge is 2.28. The molecule has 3 heterocycles. The van der Waals surface area contributed by atoms with Crippen molar-refractivity contribution < 1.29 is 9.53 Å². The summed E-state index contributed by atoms with van der Waals surface area (Å²) in [5, 5.41) is 18.0. The summed E-state index contributed by atoms with van der Waals surface area (Å²) in [6.45, 7) is 1.50. The monoisotopic (exact) mass is 330 g/mol. The Balaban J connectivity index is 1.62. The molecule has 3 rings (SSSR count). The first-order valence-electron chi connectivity index (χ1n) is 8.07. The third-order valence-electron chi connectivity index (χ3n) is 4.17. The van der Waals surface area contributed by atoms with Crippen molar-refractivity contribution in [2.45, 2.75) is 18.9 Å². The van der Waals surface area contributed by atoms with Crippen LogP contribution in [0.15, 0.2) is 24.5 Å². The van der Waals surface area contributed by atoms with Crippen LogP contribution in [-0.4, -0.2) is 46.1 Å². The van der Waals surface area contributed by atoms with E-state index in [2.05, 4.69) is 25.9 Å². The lowest BCUT2D eigenvalue weighted by atomic mass is 9.91. The van der Waals surface area contributed by atoms with Gasteiger partial charge in [0.2, 0.25) is 0 Å². The second-order valence-electron chi connectivity index (χ2n) is 5.90. The molecule has 128 valence electrons. The van der Waals surface area contributed by atoms with Gasteiger partial charge in [0.25, 0.3) is 5.91 Å². The highest BCUT2D eigenvalue weighted by atomic mass is 16.5. The van der Waals surface area contributed by atoms with Crippen molar-refractivity contribution in [3.63, 3.8) is 0 Å². The third-order valence-corrected chi connectivity index (χ3v) is 4.17. The summed E-state index contributed by atoms with van der Waals surface area (Å²) in [7, 11) is 3.47. The molecule has 0 aliphatic carbocycles. The van der Waals surface area contributed by atoms with Gasteiger partial charge in [-0.25, -0.2) is 0 Å². The molecule has 2 N–H and O–H groups in total. The maximum absolute atomic E-state index is 11.5. The summed E-state index contributed by atoms with van der Waals surface area (Å²) in [4.78, 5) is 11.5. The van der Waals surface area contributed by atoms with Crippen molar-refractivity contribution in [1.82, 2.24) is 25.3 Å². The Bertz CT molecular complexity index is 684. The first kappa shape index (κ1) is 16.4. The van der Waals surface area contributed by atoms with E-state index in [-0.39, 0.29) is 12.0 Å². The highest BCUT2D eigenvalue weighted by Crippen LogP contribution is 2.33. The molecule has 0 bridgehead atoms. The molecule has 24 heavy (non-hydrogen) atoms. The molecule has 1 saturated heterocycles. The van der Waals surface area contributed by atoms with Crippen molar-refractivity contribution in [3.8, 4) is 0 Å². The zero-order valence-electron chi connectivity index (χ0n) is 13.9. The molecule has 1 aliphatic heterocycles. The molecule has 0 unspecified atom stereocenters. The third kappa shape index (κ3) is 3.70. The number of hydrogen-bond acceptors (Lipinski definition) is 6. The number of nitrogens with zero attached hydrogens (tertiary/aromatic N) is 4. The number of hydrogen-bond donors (Lipinski definition) is 2. The van der Waals surface area contributed by atoms with Gasteiger partial charge in [-0.3, -0.25) is 9.48 Å². The van der Waals surface area contributed by atoms with Crippen molar-refractivity contribution in [2.24, 2.45) is 13.0 Å². The van der Waals surface area contributed by atoms with Crippen LogP contribution in [-0.2, 0) is 11.8 Å². The predicted octanol–water partition coefficient (Wildman–Crippen LogP) is 1.15. The quantitative estimate of drug-likeness (QED) is 0.854. The first-order chi connectivity index (χ1) is 11.7. The molecule has 1 aliphatic rings. The summed E-state index contributed by atoms with van der Waals surface area (Å²) in [6, 6.07) is 3.42. The highest BCUT2D eigenvalue weighted by molar-refractivity contribution is 5.91. The van der Waals surface area contributed by atoms with E-state index in [0.29, 0.717) is 17.4 Å². The fourth-order valence-corrected chi connectivity index (χ4v) is 2.92. The summed E-state index contributed by atoms with van der Waals surface area (Å²) in [5.74, 6) is 0.743. The van der Waals surface area contributed by atoms with Crippen LogP contribution in [0.25, 0.3) is 0 Å². The van der Waals surface area contributed by atoms with Gasteiger partial charge >= 0.3 is 0 Å². The van der Waals surface area contributed by atoms with Crippen LogP contribution < -0.4 is 10.6 Å². The zero-order valence-corrected chi connectivity index (χ0v) is 13.9. The van der Waals surface area contributed by atoms with Gasteiger partial charge in [-0.2, -0.15) is 5.10 Å². The first-order valence-corrected chi connectivity index (χ1v) is 8.07. The van der Waals surface area contributed by atoms with Crippen LogP contribution in [0.5, 0.6) is 0 Å². The van der Waals surface area contributed by atoms with Gasteiger partial charge in [0.05, 0.1) is 12.3 Å². The maximum atomic E-state index is 11.5. The molecule has 0 saturated carbocycles. The summed E-state index contributed by atoms with van der Waals surface area (Å²) >= 11 is 0. The minimum absolute atomic E-state index is 0.0399. The van der Waals surface area contributed by atoms with E-state index in [9.17, 15) is 4.79 Å². The van der Waals surface area contributed by atoms with E-state index in [4.69, 9.17) is 4.74 Å². The van der Waals surface area contributed by atoms with Crippen LogP contribution >= 0.6 is 0 Å².